The predicted octanol–water partition coefficient (Wildman–Crippen LogP) is 4.43. The van der Waals surface area contributed by atoms with Gasteiger partial charge in [-0.25, -0.2) is 9.97 Å². The Bertz CT molecular complexity index is 868. The number of amides is 1. The molecular weight excluding hydrogens is 324 g/mol. The van der Waals surface area contributed by atoms with Crippen LogP contribution in [0.4, 0.5) is 17.3 Å². The first-order valence-electron chi connectivity index (χ1n) is 7.34. The number of para-hydroxylation sites is 1. The Hall–Kier alpha value is -2.92. The van der Waals surface area contributed by atoms with Crippen LogP contribution in [0.1, 0.15) is 16.1 Å². The Kier molecular flexibility index (Phi) is 4.72. The Labute approximate surface area is 144 Å². The molecule has 1 heterocycles. The number of aromatic nitrogens is 2. The summed E-state index contributed by atoms with van der Waals surface area (Å²) in [5, 5.41) is 6.55. The van der Waals surface area contributed by atoms with Gasteiger partial charge in [-0.15, -0.1) is 0 Å². The van der Waals surface area contributed by atoms with Gasteiger partial charge in [-0.05, 0) is 48.9 Å². The van der Waals surface area contributed by atoms with Crippen molar-refractivity contribution < 1.29 is 4.79 Å². The highest BCUT2D eigenvalue weighted by molar-refractivity contribution is 6.30. The largest absolute Gasteiger partial charge is 0.324 e. The van der Waals surface area contributed by atoms with E-state index in [1.807, 2.05) is 49.4 Å². The van der Waals surface area contributed by atoms with Crippen LogP contribution in [-0.2, 0) is 0 Å². The first kappa shape index (κ1) is 16.0. The number of hydrogen-bond acceptors (Lipinski definition) is 4. The van der Waals surface area contributed by atoms with Gasteiger partial charge in [-0.3, -0.25) is 4.79 Å². The second kappa shape index (κ2) is 7.10. The molecule has 6 heteroatoms. The monoisotopic (exact) mass is 338 g/mol. The molecule has 3 aromatic rings. The highest BCUT2D eigenvalue weighted by Gasteiger charge is 2.10. The van der Waals surface area contributed by atoms with E-state index in [4.69, 9.17) is 11.6 Å². The van der Waals surface area contributed by atoms with Gasteiger partial charge in [0.2, 0.25) is 5.95 Å². The minimum atomic E-state index is -0.292. The second-order valence-corrected chi connectivity index (χ2v) is 5.61. The lowest BCUT2D eigenvalue weighted by molar-refractivity contribution is 0.102. The molecule has 0 aliphatic heterocycles. The van der Waals surface area contributed by atoms with Crippen LogP contribution in [0.2, 0.25) is 5.02 Å². The van der Waals surface area contributed by atoms with Crippen molar-refractivity contribution in [1.29, 1.82) is 0 Å². The van der Waals surface area contributed by atoms with Crippen LogP contribution in [0.5, 0.6) is 0 Å². The van der Waals surface area contributed by atoms with Crippen LogP contribution in [0.25, 0.3) is 0 Å². The average Bonchev–Trinajstić information content (AvgIpc) is 2.59. The van der Waals surface area contributed by atoms with Crippen LogP contribution in [-0.4, -0.2) is 15.9 Å². The van der Waals surface area contributed by atoms with Crippen LogP contribution in [0, 0.1) is 6.92 Å². The SMILES string of the molecule is Cc1cc(Cl)ccc1Nc1nccc(C(=O)Nc2ccccc2)n1. The van der Waals surface area contributed by atoms with Crippen LogP contribution >= 0.6 is 11.6 Å². The molecule has 0 aliphatic rings. The molecule has 0 atom stereocenters. The molecule has 0 fully saturated rings. The van der Waals surface area contributed by atoms with Crippen molar-refractivity contribution in [3.05, 3.63) is 77.1 Å². The first-order valence-corrected chi connectivity index (χ1v) is 7.72. The molecule has 0 aliphatic carbocycles. The van der Waals surface area contributed by atoms with Crippen molar-refractivity contribution in [1.82, 2.24) is 9.97 Å². The molecule has 120 valence electrons. The molecule has 0 unspecified atom stereocenters. The third kappa shape index (κ3) is 3.88. The Morgan fingerprint density at radius 2 is 1.88 bits per heavy atom. The summed E-state index contributed by atoms with van der Waals surface area (Å²) in [6.45, 7) is 1.93. The minimum Gasteiger partial charge on any atom is -0.324 e. The molecule has 0 bridgehead atoms. The van der Waals surface area contributed by atoms with Crippen molar-refractivity contribution in [3.8, 4) is 0 Å². The van der Waals surface area contributed by atoms with Gasteiger partial charge in [0.25, 0.3) is 5.91 Å². The molecule has 3 rings (SSSR count). The number of hydrogen-bond donors (Lipinski definition) is 2. The molecular formula is C18H15ClN4O. The summed E-state index contributed by atoms with van der Waals surface area (Å²) in [6, 6.07) is 16.3. The molecule has 5 nitrogen and oxygen atoms in total. The number of benzene rings is 2. The Balaban J connectivity index is 1.77. The smallest absolute Gasteiger partial charge is 0.274 e. The lowest BCUT2D eigenvalue weighted by atomic mass is 10.2. The summed E-state index contributed by atoms with van der Waals surface area (Å²) in [7, 11) is 0. The summed E-state index contributed by atoms with van der Waals surface area (Å²) in [4.78, 5) is 20.7. The number of carbonyl (C=O) groups is 1. The molecule has 2 aromatic carbocycles. The zero-order valence-corrected chi connectivity index (χ0v) is 13.7. The first-order chi connectivity index (χ1) is 11.6. The number of nitrogens with zero attached hydrogens (tertiary/aromatic N) is 2. The third-order valence-electron chi connectivity index (χ3n) is 3.35. The number of anilines is 3. The number of aryl methyl sites for hydroxylation is 1. The van der Waals surface area contributed by atoms with Crippen LogP contribution in [0.15, 0.2) is 60.8 Å². The summed E-state index contributed by atoms with van der Waals surface area (Å²) in [5.74, 6) is 0.0561. The highest BCUT2D eigenvalue weighted by atomic mass is 35.5. The number of halogens is 1. The van der Waals surface area contributed by atoms with Gasteiger partial charge in [0.15, 0.2) is 0 Å². The van der Waals surface area contributed by atoms with Gasteiger partial charge in [0.1, 0.15) is 5.69 Å². The van der Waals surface area contributed by atoms with Gasteiger partial charge >= 0.3 is 0 Å². The molecule has 24 heavy (non-hydrogen) atoms. The molecule has 2 N–H and O–H groups in total. The quantitative estimate of drug-likeness (QED) is 0.738. The van der Waals surface area contributed by atoms with Gasteiger partial charge in [0.05, 0.1) is 0 Å². The lowest BCUT2D eigenvalue weighted by Gasteiger charge is -2.09. The molecule has 1 aromatic heterocycles. The summed E-state index contributed by atoms with van der Waals surface area (Å²) in [5.41, 5.74) is 2.79. The van der Waals surface area contributed by atoms with E-state index >= 15 is 0 Å². The second-order valence-electron chi connectivity index (χ2n) is 5.17. The van der Waals surface area contributed by atoms with E-state index < -0.39 is 0 Å². The number of carbonyl (C=O) groups excluding carboxylic acids is 1. The van der Waals surface area contributed by atoms with E-state index in [1.165, 1.54) is 0 Å². The van der Waals surface area contributed by atoms with Crippen molar-refractivity contribution in [2.75, 3.05) is 10.6 Å². The van der Waals surface area contributed by atoms with E-state index in [-0.39, 0.29) is 11.6 Å². The Morgan fingerprint density at radius 1 is 1.08 bits per heavy atom. The van der Waals surface area contributed by atoms with E-state index in [2.05, 4.69) is 20.6 Å². The third-order valence-corrected chi connectivity index (χ3v) is 3.59. The van der Waals surface area contributed by atoms with E-state index in [1.54, 1.807) is 18.3 Å². The van der Waals surface area contributed by atoms with Crippen molar-refractivity contribution in [2.24, 2.45) is 0 Å². The van der Waals surface area contributed by atoms with Crippen LogP contribution < -0.4 is 10.6 Å². The van der Waals surface area contributed by atoms with E-state index in [0.29, 0.717) is 16.7 Å². The van der Waals surface area contributed by atoms with E-state index in [9.17, 15) is 4.79 Å². The standard InChI is InChI=1S/C18H15ClN4O/c1-12-11-13(19)7-8-15(12)22-18-20-10-9-16(23-18)17(24)21-14-5-3-2-4-6-14/h2-11H,1H3,(H,21,24)(H,20,22,23). The fourth-order valence-corrected chi connectivity index (χ4v) is 2.38. The molecule has 0 saturated heterocycles. The number of nitrogens with one attached hydrogen (secondary N) is 2. The minimum absolute atomic E-state index is 0.281. The molecule has 1 amide bonds. The normalized spacial score (nSPS) is 10.2. The molecule has 0 saturated carbocycles. The summed E-state index contributed by atoms with van der Waals surface area (Å²) in [6.07, 6.45) is 1.54. The molecule has 0 radical (unpaired) electrons. The maximum atomic E-state index is 12.3. The van der Waals surface area contributed by atoms with Crippen LogP contribution in [0.3, 0.4) is 0 Å². The number of rotatable bonds is 4. The average molecular weight is 339 g/mol. The predicted molar refractivity (Wildman–Crippen MR) is 95.9 cm³/mol. The van der Waals surface area contributed by atoms with Gasteiger partial charge in [-0.1, -0.05) is 29.8 Å². The fraction of sp³-hybridized carbons (Fsp3) is 0.0556. The maximum absolute atomic E-state index is 12.3. The van der Waals surface area contributed by atoms with Crippen molar-refractivity contribution in [2.45, 2.75) is 6.92 Å². The lowest BCUT2D eigenvalue weighted by Crippen LogP contribution is -2.14. The van der Waals surface area contributed by atoms with Crippen molar-refractivity contribution >= 4 is 34.8 Å². The topological polar surface area (TPSA) is 66.9 Å². The summed E-state index contributed by atoms with van der Waals surface area (Å²) < 4.78 is 0. The van der Waals surface area contributed by atoms with Gasteiger partial charge in [0, 0.05) is 22.6 Å². The fourth-order valence-electron chi connectivity index (χ4n) is 2.15. The maximum Gasteiger partial charge on any atom is 0.274 e. The summed E-state index contributed by atoms with van der Waals surface area (Å²) >= 11 is 5.95. The zero-order valence-electron chi connectivity index (χ0n) is 13.0. The molecule has 0 spiro atoms. The van der Waals surface area contributed by atoms with Crippen molar-refractivity contribution in [3.63, 3.8) is 0 Å². The zero-order chi connectivity index (χ0) is 16.9. The van der Waals surface area contributed by atoms with Gasteiger partial charge < -0.3 is 10.6 Å². The van der Waals surface area contributed by atoms with Gasteiger partial charge in [-0.2, -0.15) is 0 Å². The van der Waals surface area contributed by atoms with E-state index in [0.717, 1.165) is 11.3 Å². The highest BCUT2D eigenvalue weighted by Crippen LogP contribution is 2.22. The Morgan fingerprint density at radius 3 is 2.62 bits per heavy atom.